The van der Waals surface area contributed by atoms with Gasteiger partial charge in [0.15, 0.2) is 0 Å². The molecule has 0 aliphatic carbocycles. The van der Waals surface area contributed by atoms with Gasteiger partial charge in [0.2, 0.25) is 0 Å². The number of aliphatic hydroxyl groups excluding tert-OH is 1. The number of β-amino-alcohol motifs (C(OH)–C–C–N with tert-alkyl or cyclic N) is 1. The third kappa shape index (κ3) is 4.37. The SMILES string of the molecule is CC(C)c1ccc(OC[C@H](O)CN2CCc3ccccc3C2)cc1. The van der Waals surface area contributed by atoms with Crippen LogP contribution in [0.1, 0.15) is 36.5 Å². The second-order valence-corrected chi connectivity index (χ2v) is 6.94. The van der Waals surface area contributed by atoms with Crippen LogP contribution in [0, 0.1) is 0 Å². The Kier molecular flexibility index (Phi) is 5.54. The van der Waals surface area contributed by atoms with E-state index in [4.69, 9.17) is 4.74 Å². The molecule has 1 atom stereocenters. The molecule has 0 spiro atoms. The lowest BCUT2D eigenvalue weighted by Crippen LogP contribution is -2.38. The average Bonchev–Trinajstić information content (AvgIpc) is 2.60. The minimum absolute atomic E-state index is 0.333. The summed E-state index contributed by atoms with van der Waals surface area (Å²) in [5, 5.41) is 10.3. The Morgan fingerprint density at radius 1 is 1.04 bits per heavy atom. The molecule has 2 aromatic rings. The Hall–Kier alpha value is -1.84. The molecule has 0 fully saturated rings. The fourth-order valence-electron chi connectivity index (χ4n) is 3.20. The zero-order valence-electron chi connectivity index (χ0n) is 14.6. The Bertz CT molecular complexity index is 651. The molecule has 128 valence electrons. The van der Waals surface area contributed by atoms with E-state index >= 15 is 0 Å². The summed E-state index contributed by atoms with van der Waals surface area (Å²) < 4.78 is 5.74. The molecule has 0 bridgehead atoms. The highest BCUT2D eigenvalue weighted by atomic mass is 16.5. The van der Waals surface area contributed by atoms with E-state index in [9.17, 15) is 5.11 Å². The summed E-state index contributed by atoms with van der Waals surface area (Å²) in [6.45, 7) is 7.25. The number of fused-ring (bicyclic) bond motifs is 1. The molecule has 3 rings (SSSR count). The predicted octanol–water partition coefficient (Wildman–Crippen LogP) is 3.61. The van der Waals surface area contributed by atoms with Gasteiger partial charge in [-0.2, -0.15) is 0 Å². The van der Waals surface area contributed by atoms with Gasteiger partial charge in [-0.25, -0.2) is 0 Å². The average molecular weight is 325 g/mol. The fraction of sp³-hybridized carbons (Fsp3) is 0.429. The topological polar surface area (TPSA) is 32.7 Å². The van der Waals surface area contributed by atoms with Crippen LogP contribution in [0.5, 0.6) is 5.75 Å². The molecule has 24 heavy (non-hydrogen) atoms. The van der Waals surface area contributed by atoms with E-state index in [0.717, 1.165) is 25.3 Å². The van der Waals surface area contributed by atoms with Gasteiger partial charge in [-0.05, 0) is 41.2 Å². The molecule has 0 saturated heterocycles. The molecule has 1 N–H and O–H groups in total. The highest BCUT2D eigenvalue weighted by Crippen LogP contribution is 2.20. The maximum atomic E-state index is 10.3. The highest BCUT2D eigenvalue weighted by molar-refractivity contribution is 5.29. The van der Waals surface area contributed by atoms with E-state index in [2.05, 4.69) is 55.1 Å². The maximum absolute atomic E-state index is 10.3. The van der Waals surface area contributed by atoms with E-state index in [-0.39, 0.29) is 0 Å². The molecular weight excluding hydrogens is 298 g/mol. The van der Waals surface area contributed by atoms with Gasteiger partial charge in [0.25, 0.3) is 0 Å². The van der Waals surface area contributed by atoms with Gasteiger partial charge < -0.3 is 9.84 Å². The minimum Gasteiger partial charge on any atom is -0.491 e. The molecular formula is C21H27NO2. The Balaban J connectivity index is 1.47. The van der Waals surface area contributed by atoms with E-state index in [0.29, 0.717) is 19.1 Å². The zero-order chi connectivity index (χ0) is 16.9. The molecule has 3 heteroatoms. The van der Waals surface area contributed by atoms with Crippen molar-refractivity contribution in [2.24, 2.45) is 0 Å². The molecule has 0 unspecified atom stereocenters. The highest BCUT2D eigenvalue weighted by Gasteiger charge is 2.18. The normalized spacial score (nSPS) is 16.0. The smallest absolute Gasteiger partial charge is 0.119 e. The van der Waals surface area contributed by atoms with E-state index < -0.39 is 6.10 Å². The number of rotatable bonds is 6. The van der Waals surface area contributed by atoms with Crippen molar-refractivity contribution in [2.45, 2.75) is 38.8 Å². The molecule has 0 aromatic heterocycles. The van der Waals surface area contributed by atoms with Gasteiger partial charge in [-0.3, -0.25) is 4.90 Å². The molecule has 1 heterocycles. The van der Waals surface area contributed by atoms with E-state index in [1.54, 1.807) is 0 Å². The predicted molar refractivity (Wildman–Crippen MR) is 97.5 cm³/mol. The third-order valence-corrected chi connectivity index (χ3v) is 4.67. The summed E-state index contributed by atoms with van der Waals surface area (Å²) in [7, 11) is 0. The van der Waals surface area contributed by atoms with Crippen molar-refractivity contribution < 1.29 is 9.84 Å². The van der Waals surface area contributed by atoms with Crippen molar-refractivity contribution in [1.29, 1.82) is 0 Å². The largest absolute Gasteiger partial charge is 0.491 e. The van der Waals surface area contributed by atoms with Crippen LogP contribution in [0.4, 0.5) is 0 Å². The summed E-state index contributed by atoms with van der Waals surface area (Å²) in [5.41, 5.74) is 4.11. The summed E-state index contributed by atoms with van der Waals surface area (Å²) in [6.07, 6.45) is 0.584. The van der Waals surface area contributed by atoms with Gasteiger partial charge >= 0.3 is 0 Å². The minimum atomic E-state index is -0.472. The summed E-state index contributed by atoms with van der Waals surface area (Å²) in [5.74, 6) is 1.34. The van der Waals surface area contributed by atoms with Gasteiger partial charge in [0.05, 0.1) is 0 Å². The summed E-state index contributed by atoms with van der Waals surface area (Å²) in [6, 6.07) is 16.7. The first-order valence-corrected chi connectivity index (χ1v) is 8.82. The lowest BCUT2D eigenvalue weighted by Gasteiger charge is -2.30. The first kappa shape index (κ1) is 17.0. The van der Waals surface area contributed by atoms with Crippen molar-refractivity contribution in [2.75, 3.05) is 19.7 Å². The lowest BCUT2D eigenvalue weighted by molar-refractivity contribution is 0.0638. The Morgan fingerprint density at radius 3 is 2.46 bits per heavy atom. The Labute approximate surface area is 144 Å². The maximum Gasteiger partial charge on any atom is 0.119 e. The van der Waals surface area contributed by atoms with Crippen molar-refractivity contribution in [3.63, 3.8) is 0 Å². The quantitative estimate of drug-likeness (QED) is 0.881. The van der Waals surface area contributed by atoms with Crippen molar-refractivity contribution >= 4 is 0 Å². The van der Waals surface area contributed by atoms with Gasteiger partial charge in [0.1, 0.15) is 18.5 Å². The van der Waals surface area contributed by atoms with Crippen molar-refractivity contribution in [1.82, 2.24) is 4.90 Å². The van der Waals surface area contributed by atoms with E-state index in [1.807, 2.05) is 12.1 Å². The first-order valence-electron chi connectivity index (χ1n) is 8.82. The van der Waals surface area contributed by atoms with Crippen LogP contribution < -0.4 is 4.74 Å². The van der Waals surface area contributed by atoms with Crippen LogP contribution >= 0.6 is 0 Å². The van der Waals surface area contributed by atoms with Crippen molar-refractivity contribution in [3.8, 4) is 5.75 Å². The van der Waals surface area contributed by atoms with Crippen LogP contribution in [-0.4, -0.2) is 35.8 Å². The van der Waals surface area contributed by atoms with Gasteiger partial charge in [0, 0.05) is 19.6 Å². The summed E-state index contributed by atoms with van der Waals surface area (Å²) in [4.78, 5) is 2.30. The van der Waals surface area contributed by atoms with Crippen LogP contribution in [0.2, 0.25) is 0 Å². The number of benzene rings is 2. The third-order valence-electron chi connectivity index (χ3n) is 4.67. The van der Waals surface area contributed by atoms with Gasteiger partial charge in [-0.1, -0.05) is 50.2 Å². The molecule has 0 saturated carbocycles. The number of hydrogen-bond acceptors (Lipinski definition) is 3. The molecule has 1 aliphatic rings. The molecule has 0 amide bonds. The summed E-state index contributed by atoms with van der Waals surface area (Å²) >= 11 is 0. The molecule has 3 nitrogen and oxygen atoms in total. The van der Waals surface area contributed by atoms with Crippen LogP contribution in [0.25, 0.3) is 0 Å². The Morgan fingerprint density at radius 2 is 1.75 bits per heavy atom. The van der Waals surface area contributed by atoms with Crippen LogP contribution in [0.15, 0.2) is 48.5 Å². The second kappa shape index (κ2) is 7.82. The van der Waals surface area contributed by atoms with Gasteiger partial charge in [-0.15, -0.1) is 0 Å². The van der Waals surface area contributed by atoms with Crippen LogP contribution in [-0.2, 0) is 13.0 Å². The van der Waals surface area contributed by atoms with E-state index in [1.165, 1.54) is 16.7 Å². The second-order valence-electron chi connectivity index (χ2n) is 6.94. The zero-order valence-corrected chi connectivity index (χ0v) is 14.6. The number of hydrogen-bond donors (Lipinski definition) is 1. The lowest BCUT2D eigenvalue weighted by atomic mass is 10.00. The van der Waals surface area contributed by atoms with Crippen LogP contribution in [0.3, 0.4) is 0 Å². The molecule has 1 aliphatic heterocycles. The molecule has 2 aromatic carbocycles. The number of aliphatic hydroxyl groups is 1. The first-order chi connectivity index (χ1) is 11.6. The molecule has 0 radical (unpaired) electrons. The monoisotopic (exact) mass is 325 g/mol. The van der Waals surface area contributed by atoms with Crippen molar-refractivity contribution in [3.05, 3.63) is 65.2 Å². The fourth-order valence-corrected chi connectivity index (χ4v) is 3.20. The number of ether oxygens (including phenoxy) is 1. The number of nitrogens with zero attached hydrogens (tertiary/aromatic N) is 1. The standard InChI is InChI=1S/C21H27NO2/c1-16(2)17-7-9-21(10-8-17)24-15-20(23)14-22-12-11-18-5-3-4-6-19(18)13-22/h3-10,16,20,23H,11-15H2,1-2H3/t20-/m1/s1.